The van der Waals surface area contributed by atoms with Gasteiger partial charge in [-0.3, -0.25) is 0 Å². The molecule has 1 unspecified atom stereocenters. The number of rotatable bonds is 7. The van der Waals surface area contributed by atoms with E-state index >= 15 is 0 Å². The maximum absolute atomic E-state index is 9.40. The zero-order valence-electron chi connectivity index (χ0n) is 13.5. The van der Waals surface area contributed by atoms with E-state index in [4.69, 9.17) is 14.3 Å². The van der Waals surface area contributed by atoms with Gasteiger partial charge in [0.25, 0.3) is 0 Å². The monoisotopic (exact) mass is 314 g/mol. The Bertz CT molecular complexity index is 737. The van der Waals surface area contributed by atoms with Crippen molar-refractivity contribution in [1.29, 1.82) is 0 Å². The Morgan fingerprint density at radius 2 is 2.13 bits per heavy atom. The molecule has 0 saturated carbocycles. The van der Waals surface area contributed by atoms with Crippen LogP contribution in [0.3, 0.4) is 0 Å². The molecule has 0 bridgehead atoms. The quantitative estimate of drug-likeness (QED) is 0.605. The summed E-state index contributed by atoms with van der Waals surface area (Å²) in [6, 6.07) is 7.89. The topological polar surface area (TPSA) is 62.8 Å². The number of aliphatic hydroxyl groups is 2. The Morgan fingerprint density at radius 1 is 1.39 bits per heavy atom. The van der Waals surface area contributed by atoms with E-state index in [0.29, 0.717) is 5.76 Å². The van der Waals surface area contributed by atoms with Gasteiger partial charge in [0, 0.05) is 10.9 Å². The molecule has 122 valence electrons. The van der Waals surface area contributed by atoms with E-state index < -0.39 is 6.10 Å². The molecule has 0 radical (unpaired) electrons. The number of hydrogen-bond acceptors (Lipinski definition) is 4. The molecule has 1 aromatic heterocycles. The molecule has 0 fully saturated rings. The highest BCUT2D eigenvalue weighted by atomic mass is 16.5. The Morgan fingerprint density at radius 3 is 2.78 bits per heavy atom. The van der Waals surface area contributed by atoms with Crippen LogP contribution in [0.5, 0.6) is 0 Å². The molecule has 0 spiro atoms. The Kier molecular flexibility index (Phi) is 5.79. The second-order valence-electron chi connectivity index (χ2n) is 5.33. The van der Waals surface area contributed by atoms with E-state index in [1.165, 1.54) is 0 Å². The highest BCUT2D eigenvalue weighted by Crippen LogP contribution is 2.30. The first kappa shape index (κ1) is 17.1. The second-order valence-corrected chi connectivity index (χ2v) is 5.33. The molecule has 1 aromatic carbocycles. The Balaban J connectivity index is 2.29. The van der Waals surface area contributed by atoms with Crippen LogP contribution < -0.4 is 0 Å². The first-order chi connectivity index (χ1) is 11.1. The SMILES string of the molecule is C=C/C=C(\C=C(/C)c1oc2ccccc2c1C)OCC(O)CO. The predicted molar refractivity (Wildman–Crippen MR) is 91.9 cm³/mol. The van der Waals surface area contributed by atoms with Crippen molar-refractivity contribution in [3.05, 3.63) is 66.2 Å². The van der Waals surface area contributed by atoms with Crippen molar-refractivity contribution in [1.82, 2.24) is 0 Å². The van der Waals surface area contributed by atoms with Crippen LogP contribution in [0.2, 0.25) is 0 Å². The number of allylic oxidation sites excluding steroid dienone is 4. The lowest BCUT2D eigenvalue weighted by Gasteiger charge is -2.11. The molecule has 0 amide bonds. The van der Waals surface area contributed by atoms with Crippen molar-refractivity contribution >= 4 is 16.5 Å². The number of para-hydroxylation sites is 1. The molecule has 1 heterocycles. The standard InChI is InChI=1S/C19H22O4/c1-4-7-16(22-12-15(21)11-20)10-13(2)19-14(3)17-8-5-6-9-18(17)23-19/h4-10,15,20-21H,1,11-12H2,2-3H3/b13-10+,16-7+. The minimum atomic E-state index is -0.912. The molecule has 23 heavy (non-hydrogen) atoms. The summed E-state index contributed by atoms with van der Waals surface area (Å²) in [6.45, 7) is 7.29. The van der Waals surface area contributed by atoms with Crippen molar-refractivity contribution in [2.24, 2.45) is 0 Å². The Hall–Kier alpha value is -2.30. The average Bonchev–Trinajstić information content (AvgIpc) is 2.90. The number of aliphatic hydroxyl groups excluding tert-OH is 2. The van der Waals surface area contributed by atoms with Crippen molar-refractivity contribution in [2.75, 3.05) is 13.2 Å². The number of furan rings is 1. The summed E-state index contributed by atoms with van der Waals surface area (Å²) in [5.41, 5.74) is 2.83. The minimum Gasteiger partial charge on any atom is -0.491 e. The number of hydrogen-bond donors (Lipinski definition) is 2. The van der Waals surface area contributed by atoms with Crippen LogP contribution in [-0.4, -0.2) is 29.5 Å². The van der Waals surface area contributed by atoms with E-state index in [0.717, 1.165) is 27.9 Å². The third kappa shape index (κ3) is 4.12. The van der Waals surface area contributed by atoms with E-state index in [9.17, 15) is 5.11 Å². The minimum absolute atomic E-state index is 0.0130. The molecule has 0 saturated heterocycles. The van der Waals surface area contributed by atoms with Crippen LogP contribution in [-0.2, 0) is 4.74 Å². The molecule has 2 N–H and O–H groups in total. The molecular formula is C19H22O4. The van der Waals surface area contributed by atoms with E-state index in [2.05, 4.69) is 6.58 Å². The van der Waals surface area contributed by atoms with Crippen LogP contribution in [0, 0.1) is 6.92 Å². The van der Waals surface area contributed by atoms with Gasteiger partial charge in [0.1, 0.15) is 29.8 Å². The van der Waals surface area contributed by atoms with Gasteiger partial charge in [-0.25, -0.2) is 0 Å². The maximum atomic E-state index is 9.40. The van der Waals surface area contributed by atoms with Crippen molar-refractivity contribution in [3.63, 3.8) is 0 Å². The smallest absolute Gasteiger partial charge is 0.135 e. The molecule has 4 nitrogen and oxygen atoms in total. The van der Waals surface area contributed by atoms with Gasteiger partial charge < -0.3 is 19.4 Å². The van der Waals surface area contributed by atoms with E-state index in [-0.39, 0.29) is 13.2 Å². The number of fused-ring (bicyclic) bond motifs is 1. The number of benzene rings is 1. The van der Waals surface area contributed by atoms with E-state index in [1.54, 1.807) is 12.2 Å². The van der Waals surface area contributed by atoms with Crippen molar-refractivity contribution in [3.8, 4) is 0 Å². The first-order valence-corrected chi connectivity index (χ1v) is 7.48. The molecule has 1 atom stereocenters. The van der Waals surface area contributed by atoms with Gasteiger partial charge >= 0.3 is 0 Å². The summed E-state index contributed by atoms with van der Waals surface area (Å²) in [7, 11) is 0. The van der Waals surface area contributed by atoms with Gasteiger partial charge in [0.15, 0.2) is 0 Å². The largest absolute Gasteiger partial charge is 0.491 e. The normalized spacial score (nSPS) is 14.1. The van der Waals surface area contributed by atoms with Crippen LogP contribution in [0.15, 0.2) is 59.2 Å². The van der Waals surface area contributed by atoms with Gasteiger partial charge in [0.2, 0.25) is 0 Å². The third-order valence-electron chi connectivity index (χ3n) is 3.50. The van der Waals surface area contributed by atoms with Gasteiger partial charge in [-0.05, 0) is 37.6 Å². The highest BCUT2D eigenvalue weighted by molar-refractivity contribution is 5.86. The van der Waals surface area contributed by atoms with Gasteiger partial charge in [0.05, 0.1) is 6.61 Å². The zero-order valence-corrected chi connectivity index (χ0v) is 13.5. The fraction of sp³-hybridized carbons (Fsp3) is 0.263. The van der Waals surface area contributed by atoms with Crippen LogP contribution >= 0.6 is 0 Å². The summed E-state index contributed by atoms with van der Waals surface area (Å²) >= 11 is 0. The van der Waals surface area contributed by atoms with Crippen molar-refractivity contribution < 1.29 is 19.4 Å². The Labute approximate surface area is 136 Å². The zero-order chi connectivity index (χ0) is 16.8. The van der Waals surface area contributed by atoms with Crippen molar-refractivity contribution in [2.45, 2.75) is 20.0 Å². The van der Waals surface area contributed by atoms with E-state index in [1.807, 2.05) is 44.2 Å². The summed E-state index contributed by atoms with van der Waals surface area (Å²) in [4.78, 5) is 0. The second kappa shape index (κ2) is 7.81. The van der Waals surface area contributed by atoms with Gasteiger partial charge in [-0.15, -0.1) is 0 Å². The lowest BCUT2D eigenvalue weighted by Crippen LogP contribution is -2.18. The lowest BCUT2D eigenvalue weighted by atomic mass is 10.1. The number of aryl methyl sites for hydroxylation is 1. The molecule has 0 aliphatic carbocycles. The molecule has 2 rings (SSSR count). The fourth-order valence-electron chi connectivity index (χ4n) is 2.33. The van der Waals surface area contributed by atoms with Gasteiger partial charge in [-0.1, -0.05) is 30.9 Å². The summed E-state index contributed by atoms with van der Waals surface area (Å²) in [5.74, 6) is 1.34. The van der Waals surface area contributed by atoms with Crippen LogP contribution in [0.4, 0.5) is 0 Å². The summed E-state index contributed by atoms with van der Waals surface area (Å²) in [6.07, 6.45) is 4.22. The summed E-state index contributed by atoms with van der Waals surface area (Å²) in [5, 5.41) is 19.3. The molecule has 2 aromatic rings. The fourth-order valence-corrected chi connectivity index (χ4v) is 2.33. The molecule has 4 heteroatoms. The molecule has 0 aliphatic heterocycles. The molecular weight excluding hydrogens is 292 g/mol. The predicted octanol–water partition coefficient (Wildman–Crippen LogP) is 3.58. The van der Waals surface area contributed by atoms with Crippen LogP contribution in [0.1, 0.15) is 18.2 Å². The molecule has 0 aliphatic rings. The number of ether oxygens (including phenoxy) is 1. The van der Waals surface area contributed by atoms with Crippen LogP contribution in [0.25, 0.3) is 16.5 Å². The average molecular weight is 314 g/mol. The van der Waals surface area contributed by atoms with Gasteiger partial charge in [-0.2, -0.15) is 0 Å². The lowest BCUT2D eigenvalue weighted by molar-refractivity contribution is 0.0330. The first-order valence-electron chi connectivity index (χ1n) is 7.48. The maximum Gasteiger partial charge on any atom is 0.135 e. The third-order valence-corrected chi connectivity index (χ3v) is 3.50. The summed E-state index contributed by atoms with van der Waals surface area (Å²) < 4.78 is 11.4. The highest BCUT2D eigenvalue weighted by Gasteiger charge is 2.12.